The molecule has 4 unspecified atom stereocenters. The number of aliphatic hydroxyl groups is 1. The summed E-state index contributed by atoms with van der Waals surface area (Å²) in [7, 11) is 0. The maximum Gasteiger partial charge on any atom is 0.228 e. The molecule has 0 saturated carbocycles. The first-order chi connectivity index (χ1) is 9.99. The van der Waals surface area contributed by atoms with Gasteiger partial charge in [-0.05, 0) is 24.8 Å². The van der Waals surface area contributed by atoms with Crippen LogP contribution >= 0.6 is 0 Å². The van der Waals surface area contributed by atoms with Crippen molar-refractivity contribution in [1.82, 2.24) is 4.90 Å². The van der Waals surface area contributed by atoms with Crippen molar-refractivity contribution in [2.24, 2.45) is 11.8 Å². The van der Waals surface area contributed by atoms with Gasteiger partial charge in [-0.3, -0.25) is 4.79 Å². The lowest BCUT2D eigenvalue weighted by atomic mass is 9.74. The third-order valence-electron chi connectivity index (χ3n) is 4.45. The SMILES string of the molecule is C=CCC(O)C1C(C(C)C)C(=O)N1C(C)c1ccccc1. The molecule has 3 nitrogen and oxygen atoms in total. The Morgan fingerprint density at radius 3 is 2.43 bits per heavy atom. The highest BCUT2D eigenvalue weighted by atomic mass is 16.3. The highest BCUT2D eigenvalue weighted by Gasteiger charge is 2.53. The molecule has 1 aliphatic rings. The Hall–Kier alpha value is -1.61. The molecule has 1 aromatic rings. The number of benzene rings is 1. The first kappa shape index (κ1) is 15.8. The lowest BCUT2D eigenvalue weighted by molar-refractivity contribution is -0.174. The number of hydrogen-bond acceptors (Lipinski definition) is 2. The topological polar surface area (TPSA) is 40.5 Å². The quantitative estimate of drug-likeness (QED) is 0.645. The van der Waals surface area contributed by atoms with Crippen LogP contribution in [-0.4, -0.2) is 28.1 Å². The second-order valence-electron chi connectivity index (χ2n) is 6.18. The summed E-state index contributed by atoms with van der Waals surface area (Å²) >= 11 is 0. The van der Waals surface area contributed by atoms with E-state index in [4.69, 9.17) is 0 Å². The monoisotopic (exact) mass is 287 g/mol. The number of amides is 1. The van der Waals surface area contributed by atoms with Gasteiger partial charge in [-0.15, -0.1) is 6.58 Å². The van der Waals surface area contributed by atoms with Gasteiger partial charge in [-0.25, -0.2) is 0 Å². The van der Waals surface area contributed by atoms with Crippen molar-refractivity contribution in [3.8, 4) is 0 Å². The van der Waals surface area contributed by atoms with E-state index in [-0.39, 0.29) is 29.8 Å². The molecular weight excluding hydrogens is 262 g/mol. The zero-order valence-corrected chi connectivity index (χ0v) is 13.1. The molecule has 0 aromatic heterocycles. The second kappa shape index (κ2) is 6.44. The fourth-order valence-electron chi connectivity index (χ4n) is 3.31. The second-order valence-corrected chi connectivity index (χ2v) is 6.18. The van der Waals surface area contributed by atoms with Gasteiger partial charge in [0.2, 0.25) is 5.91 Å². The first-order valence-electron chi connectivity index (χ1n) is 7.65. The Bertz CT molecular complexity index is 497. The number of likely N-dealkylation sites (tertiary alicyclic amines) is 1. The van der Waals surface area contributed by atoms with E-state index in [9.17, 15) is 9.90 Å². The van der Waals surface area contributed by atoms with Gasteiger partial charge in [-0.1, -0.05) is 50.3 Å². The van der Waals surface area contributed by atoms with E-state index in [1.54, 1.807) is 6.08 Å². The highest BCUT2D eigenvalue weighted by Crippen LogP contribution is 2.41. The van der Waals surface area contributed by atoms with E-state index in [1.807, 2.05) is 56.0 Å². The number of rotatable bonds is 6. The fourth-order valence-corrected chi connectivity index (χ4v) is 3.31. The molecule has 114 valence electrons. The zero-order chi connectivity index (χ0) is 15.6. The zero-order valence-electron chi connectivity index (χ0n) is 13.1. The van der Waals surface area contributed by atoms with Crippen molar-refractivity contribution in [2.45, 2.75) is 45.4 Å². The maximum atomic E-state index is 12.5. The van der Waals surface area contributed by atoms with Gasteiger partial charge >= 0.3 is 0 Å². The Morgan fingerprint density at radius 1 is 1.29 bits per heavy atom. The van der Waals surface area contributed by atoms with E-state index in [1.165, 1.54) is 0 Å². The Kier molecular flexibility index (Phi) is 4.84. The van der Waals surface area contributed by atoms with Gasteiger partial charge in [0.05, 0.1) is 24.1 Å². The van der Waals surface area contributed by atoms with Crippen molar-refractivity contribution in [3.05, 3.63) is 48.6 Å². The first-order valence-corrected chi connectivity index (χ1v) is 7.65. The van der Waals surface area contributed by atoms with Gasteiger partial charge < -0.3 is 10.0 Å². The molecule has 1 heterocycles. The average Bonchev–Trinajstić information content (AvgIpc) is 2.45. The van der Waals surface area contributed by atoms with Gasteiger partial charge in [0.25, 0.3) is 0 Å². The van der Waals surface area contributed by atoms with Crippen LogP contribution in [0, 0.1) is 11.8 Å². The molecule has 1 N–H and O–H groups in total. The Morgan fingerprint density at radius 2 is 1.90 bits per heavy atom. The van der Waals surface area contributed by atoms with Crippen molar-refractivity contribution < 1.29 is 9.90 Å². The Labute approximate surface area is 127 Å². The molecule has 21 heavy (non-hydrogen) atoms. The molecule has 0 spiro atoms. The summed E-state index contributed by atoms with van der Waals surface area (Å²) in [4.78, 5) is 14.4. The van der Waals surface area contributed by atoms with E-state index in [2.05, 4.69) is 6.58 Å². The highest BCUT2D eigenvalue weighted by molar-refractivity contribution is 5.87. The third-order valence-corrected chi connectivity index (χ3v) is 4.45. The number of hydrogen-bond donors (Lipinski definition) is 1. The molecule has 3 heteroatoms. The number of aliphatic hydroxyl groups excluding tert-OH is 1. The molecule has 4 atom stereocenters. The normalized spacial score (nSPS) is 24.6. The minimum Gasteiger partial charge on any atom is -0.391 e. The third kappa shape index (κ3) is 2.88. The lowest BCUT2D eigenvalue weighted by Gasteiger charge is -2.53. The molecule has 0 radical (unpaired) electrons. The maximum absolute atomic E-state index is 12.5. The fraction of sp³-hybridized carbons (Fsp3) is 0.500. The predicted molar refractivity (Wildman–Crippen MR) is 84.6 cm³/mol. The molecule has 1 aliphatic heterocycles. The van der Waals surface area contributed by atoms with Crippen LogP contribution in [-0.2, 0) is 4.79 Å². The van der Waals surface area contributed by atoms with Crippen LogP contribution < -0.4 is 0 Å². The largest absolute Gasteiger partial charge is 0.391 e. The number of carbonyl (C=O) groups is 1. The Balaban J connectivity index is 2.24. The van der Waals surface area contributed by atoms with Gasteiger partial charge in [0, 0.05) is 0 Å². The summed E-state index contributed by atoms with van der Waals surface area (Å²) in [5.74, 6) is 0.293. The average molecular weight is 287 g/mol. The number of nitrogens with zero attached hydrogens (tertiary/aromatic N) is 1. The molecule has 0 aliphatic carbocycles. The van der Waals surface area contributed by atoms with E-state index in [0.717, 1.165) is 5.56 Å². The van der Waals surface area contributed by atoms with Gasteiger partial charge in [-0.2, -0.15) is 0 Å². The van der Waals surface area contributed by atoms with Crippen molar-refractivity contribution >= 4 is 5.91 Å². The van der Waals surface area contributed by atoms with E-state index < -0.39 is 6.10 Å². The van der Waals surface area contributed by atoms with Crippen LogP contribution in [0.4, 0.5) is 0 Å². The van der Waals surface area contributed by atoms with Crippen LogP contribution in [0.1, 0.15) is 38.8 Å². The lowest BCUT2D eigenvalue weighted by Crippen LogP contribution is -2.67. The molecule has 1 aromatic carbocycles. The molecule has 2 rings (SSSR count). The molecule has 1 amide bonds. The summed E-state index contributed by atoms with van der Waals surface area (Å²) in [5.41, 5.74) is 1.10. The van der Waals surface area contributed by atoms with Crippen LogP contribution in [0.15, 0.2) is 43.0 Å². The predicted octanol–water partition coefficient (Wildman–Crippen LogP) is 3.17. The summed E-state index contributed by atoms with van der Waals surface area (Å²) in [6.07, 6.45) is 1.69. The van der Waals surface area contributed by atoms with Crippen molar-refractivity contribution in [1.29, 1.82) is 0 Å². The summed E-state index contributed by atoms with van der Waals surface area (Å²) in [6, 6.07) is 9.84. The molecular formula is C18H25NO2. The van der Waals surface area contributed by atoms with Crippen LogP contribution in [0.5, 0.6) is 0 Å². The van der Waals surface area contributed by atoms with Gasteiger partial charge in [0.15, 0.2) is 0 Å². The minimum atomic E-state index is -0.543. The van der Waals surface area contributed by atoms with Crippen LogP contribution in [0.2, 0.25) is 0 Å². The summed E-state index contributed by atoms with van der Waals surface area (Å²) < 4.78 is 0. The van der Waals surface area contributed by atoms with Crippen molar-refractivity contribution in [3.63, 3.8) is 0 Å². The van der Waals surface area contributed by atoms with Gasteiger partial charge in [0.1, 0.15) is 0 Å². The molecule has 0 bridgehead atoms. The molecule has 1 fully saturated rings. The number of carbonyl (C=O) groups excluding carboxylic acids is 1. The van der Waals surface area contributed by atoms with Crippen LogP contribution in [0.25, 0.3) is 0 Å². The number of β-lactam (4-membered cyclic amide) rings is 1. The van der Waals surface area contributed by atoms with Crippen molar-refractivity contribution in [2.75, 3.05) is 0 Å². The smallest absolute Gasteiger partial charge is 0.228 e. The van der Waals surface area contributed by atoms with E-state index in [0.29, 0.717) is 6.42 Å². The minimum absolute atomic E-state index is 0.0156. The molecule has 1 saturated heterocycles. The van der Waals surface area contributed by atoms with Crippen LogP contribution in [0.3, 0.4) is 0 Å². The van der Waals surface area contributed by atoms with E-state index >= 15 is 0 Å². The summed E-state index contributed by atoms with van der Waals surface area (Å²) in [6.45, 7) is 9.80. The standard InChI is InChI=1S/C18H25NO2/c1-5-9-15(20)17-16(12(2)3)18(21)19(17)13(4)14-10-7-6-8-11-14/h5-8,10-13,15-17,20H,1,9H2,2-4H3. The summed E-state index contributed by atoms with van der Waals surface area (Å²) in [5, 5.41) is 10.4.